The van der Waals surface area contributed by atoms with Crippen LogP contribution in [0.5, 0.6) is 0 Å². The van der Waals surface area contributed by atoms with Gasteiger partial charge in [0.25, 0.3) is 0 Å². The number of fused-ring (bicyclic) bond motifs is 1. The van der Waals surface area contributed by atoms with Crippen molar-refractivity contribution in [3.63, 3.8) is 0 Å². The first-order valence-corrected chi connectivity index (χ1v) is 9.62. The average molecular weight is 370 g/mol. The van der Waals surface area contributed by atoms with E-state index in [1.807, 2.05) is 19.2 Å². The van der Waals surface area contributed by atoms with Crippen LogP contribution in [0, 0.1) is 6.92 Å². The van der Waals surface area contributed by atoms with Gasteiger partial charge in [0.15, 0.2) is 5.82 Å². The number of thioether (sulfide) groups is 1. The van der Waals surface area contributed by atoms with Crippen molar-refractivity contribution in [3.05, 3.63) is 47.2 Å². The van der Waals surface area contributed by atoms with Gasteiger partial charge >= 0.3 is 6.03 Å². The second-order valence-electron chi connectivity index (χ2n) is 5.99. The lowest BCUT2D eigenvalue weighted by molar-refractivity contribution is 0.212. The second-order valence-corrected chi connectivity index (χ2v) is 6.84. The zero-order valence-electron chi connectivity index (χ0n) is 15.1. The Morgan fingerprint density at radius 2 is 2.19 bits per heavy atom. The molecule has 0 saturated carbocycles. The Kier molecular flexibility index (Phi) is 5.41. The molecule has 0 radical (unpaired) electrons. The number of nitrogens with zero attached hydrogens (tertiary/aromatic N) is 4. The van der Waals surface area contributed by atoms with Gasteiger partial charge in [0, 0.05) is 16.7 Å². The van der Waals surface area contributed by atoms with Gasteiger partial charge in [0.05, 0.1) is 30.2 Å². The number of pyridine rings is 1. The molecule has 1 aliphatic rings. The molecule has 0 bridgehead atoms. The highest BCUT2D eigenvalue weighted by molar-refractivity contribution is 8.07. The van der Waals surface area contributed by atoms with Gasteiger partial charge < -0.3 is 10.6 Å². The van der Waals surface area contributed by atoms with Crippen molar-refractivity contribution in [1.82, 2.24) is 19.9 Å². The number of amides is 2. The number of nitrogen functional groups attached to an aromatic ring is 1. The maximum absolute atomic E-state index is 12.6. The van der Waals surface area contributed by atoms with Crippen LogP contribution < -0.4 is 11.1 Å². The van der Waals surface area contributed by atoms with Crippen LogP contribution in [0.15, 0.2) is 24.4 Å². The van der Waals surface area contributed by atoms with Crippen molar-refractivity contribution in [3.8, 4) is 0 Å². The number of rotatable bonds is 4. The van der Waals surface area contributed by atoms with Crippen LogP contribution in [0.1, 0.15) is 36.1 Å². The average Bonchev–Trinajstić information content (AvgIpc) is 3.05. The van der Waals surface area contributed by atoms with E-state index in [2.05, 4.69) is 33.3 Å². The summed E-state index contributed by atoms with van der Waals surface area (Å²) in [5.41, 5.74) is 9.10. The number of nitrogens with two attached hydrogens (primary N) is 1. The summed E-state index contributed by atoms with van der Waals surface area (Å²) in [4.78, 5) is 28.5. The van der Waals surface area contributed by atoms with E-state index in [0.717, 1.165) is 28.3 Å². The van der Waals surface area contributed by atoms with Gasteiger partial charge in [0.2, 0.25) is 0 Å². The number of carbonyl (C=O) groups excluding carboxylic acids is 1. The van der Waals surface area contributed by atoms with Gasteiger partial charge in [0.1, 0.15) is 5.82 Å². The van der Waals surface area contributed by atoms with Gasteiger partial charge in [-0.25, -0.2) is 19.7 Å². The third-order valence-electron chi connectivity index (χ3n) is 4.08. The number of urea groups is 1. The molecule has 3 N–H and O–H groups in total. The predicted molar refractivity (Wildman–Crippen MR) is 105 cm³/mol. The molecule has 26 heavy (non-hydrogen) atoms. The lowest BCUT2D eigenvalue weighted by Gasteiger charge is -2.17. The summed E-state index contributed by atoms with van der Waals surface area (Å²) in [5, 5.41) is 2.83. The Labute approximate surface area is 157 Å². The predicted octanol–water partition coefficient (Wildman–Crippen LogP) is 3.42. The Morgan fingerprint density at radius 3 is 2.92 bits per heavy atom. The number of aryl methyl sites for hydroxylation is 1. The molecule has 3 rings (SSSR count). The molecule has 3 heterocycles. The molecule has 136 valence electrons. The summed E-state index contributed by atoms with van der Waals surface area (Å²) in [6.45, 7) is 4.85. The normalized spacial score (nSPS) is 13.7. The third-order valence-corrected chi connectivity index (χ3v) is 4.89. The smallest absolute Gasteiger partial charge is 0.323 e. The number of allylic oxidation sites excluding steroid dienone is 1. The van der Waals surface area contributed by atoms with E-state index in [9.17, 15) is 4.79 Å². The fourth-order valence-corrected chi connectivity index (χ4v) is 3.42. The third kappa shape index (κ3) is 3.80. The van der Waals surface area contributed by atoms with E-state index in [0.29, 0.717) is 30.4 Å². The molecule has 2 aromatic rings. The number of anilines is 2. The van der Waals surface area contributed by atoms with Crippen molar-refractivity contribution in [2.75, 3.05) is 17.3 Å². The largest absolute Gasteiger partial charge is 0.396 e. The number of nitrogens with one attached hydrogen (secondary N) is 1. The highest BCUT2D eigenvalue weighted by atomic mass is 32.2. The maximum Gasteiger partial charge on any atom is 0.323 e. The van der Waals surface area contributed by atoms with Crippen LogP contribution in [0.25, 0.3) is 4.91 Å². The zero-order valence-corrected chi connectivity index (χ0v) is 15.9. The molecule has 0 unspecified atom stereocenters. The number of hydrogen-bond donors (Lipinski definition) is 2. The van der Waals surface area contributed by atoms with Crippen LogP contribution in [-0.2, 0) is 13.1 Å². The van der Waals surface area contributed by atoms with Crippen LogP contribution in [0.4, 0.5) is 16.3 Å². The van der Waals surface area contributed by atoms with Gasteiger partial charge in [-0.05, 0) is 31.7 Å². The van der Waals surface area contributed by atoms with Crippen molar-refractivity contribution in [2.24, 2.45) is 0 Å². The van der Waals surface area contributed by atoms with Crippen molar-refractivity contribution < 1.29 is 4.79 Å². The minimum absolute atomic E-state index is 0.248. The van der Waals surface area contributed by atoms with Crippen molar-refractivity contribution >= 4 is 34.2 Å². The molecular weight excluding hydrogens is 348 g/mol. The topological polar surface area (TPSA) is 97.0 Å². The van der Waals surface area contributed by atoms with E-state index < -0.39 is 0 Å². The Morgan fingerprint density at radius 1 is 1.38 bits per heavy atom. The second kappa shape index (κ2) is 7.74. The Bertz CT molecular complexity index is 867. The molecule has 2 aromatic heterocycles. The van der Waals surface area contributed by atoms with Gasteiger partial charge in [-0.15, -0.1) is 11.8 Å². The molecule has 1 aliphatic heterocycles. The zero-order chi connectivity index (χ0) is 18.7. The molecule has 0 fully saturated rings. The summed E-state index contributed by atoms with van der Waals surface area (Å²) in [7, 11) is 0. The summed E-state index contributed by atoms with van der Waals surface area (Å²) < 4.78 is 0. The lowest BCUT2D eigenvalue weighted by Crippen LogP contribution is -2.31. The monoisotopic (exact) mass is 370 g/mol. The first-order valence-electron chi connectivity index (χ1n) is 8.40. The highest BCUT2D eigenvalue weighted by Gasteiger charge is 2.25. The Hall–Kier alpha value is -2.61. The van der Waals surface area contributed by atoms with E-state index in [-0.39, 0.29) is 6.03 Å². The molecule has 0 aromatic carbocycles. The first kappa shape index (κ1) is 18.2. The molecule has 0 atom stereocenters. The minimum atomic E-state index is -0.248. The molecule has 2 amide bonds. The van der Waals surface area contributed by atoms with Gasteiger partial charge in [-0.3, -0.25) is 5.32 Å². The van der Waals surface area contributed by atoms with Crippen molar-refractivity contribution in [2.45, 2.75) is 33.4 Å². The fourth-order valence-electron chi connectivity index (χ4n) is 2.76. The Balaban J connectivity index is 1.77. The quantitative estimate of drug-likeness (QED) is 0.856. The summed E-state index contributed by atoms with van der Waals surface area (Å²) in [5.74, 6) is 1.08. The highest BCUT2D eigenvalue weighted by Crippen LogP contribution is 2.28. The molecule has 8 heteroatoms. The SMILES string of the molecule is CC/C=C(\SC)c1ccc(N)c(NC(=O)N2Cc3cnc(C)nc3C2)n1. The van der Waals surface area contributed by atoms with Gasteiger partial charge in [-0.1, -0.05) is 13.0 Å². The summed E-state index contributed by atoms with van der Waals surface area (Å²) >= 11 is 1.62. The van der Waals surface area contributed by atoms with E-state index in [1.165, 1.54) is 0 Å². The van der Waals surface area contributed by atoms with E-state index in [4.69, 9.17) is 5.73 Å². The maximum atomic E-state index is 12.6. The number of carbonyl (C=O) groups is 1. The standard InChI is InChI=1S/C18H22N6OS/c1-4-5-16(26-3)14-7-6-13(19)17(22-14)23-18(25)24-9-12-8-20-11(2)21-15(12)10-24/h5-8H,4,9-10,19H2,1-3H3,(H,22,23,25)/b16-5-. The fraction of sp³-hybridized carbons (Fsp3) is 0.333. The number of aromatic nitrogens is 3. The minimum Gasteiger partial charge on any atom is -0.396 e. The summed E-state index contributed by atoms with van der Waals surface area (Å²) in [6.07, 6.45) is 6.80. The van der Waals surface area contributed by atoms with Gasteiger partial charge in [-0.2, -0.15) is 0 Å². The lowest BCUT2D eigenvalue weighted by atomic mass is 10.2. The molecule has 0 saturated heterocycles. The molecule has 0 spiro atoms. The van der Waals surface area contributed by atoms with Crippen LogP contribution >= 0.6 is 11.8 Å². The van der Waals surface area contributed by atoms with Crippen LogP contribution in [-0.4, -0.2) is 32.1 Å². The number of hydrogen-bond acceptors (Lipinski definition) is 6. The van der Waals surface area contributed by atoms with E-state index in [1.54, 1.807) is 28.9 Å². The molecule has 7 nitrogen and oxygen atoms in total. The van der Waals surface area contributed by atoms with Crippen LogP contribution in [0.3, 0.4) is 0 Å². The summed E-state index contributed by atoms with van der Waals surface area (Å²) in [6, 6.07) is 3.39. The van der Waals surface area contributed by atoms with E-state index >= 15 is 0 Å². The molecular formula is C18H22N6OS. The van der Waals surface area contributed by atoms with Crippen LogP contribution in [0.2, 0.25) is 0 Å². The van der Waals surface area contributed by atoms with Crippen molar-refractivity contribution in [1.29, 1.82) is 0 Å². The molecule has 0 aliphatic carbocycles. The first-order chi connectivity index (χ1) is 12.5.